The Labute approximate surface area is 141 Å². The third-order valence-corrected chi connectivity index (χ3v) is 4.01. The van der Waals surface area contributed by atoms with E-state index in [1.807, 2.05) is 19.1 Å². The van der Waals surface area contributed by atoms with Gasteiger partial charge in [-0.1, -0.05) is 66.8 Å². The van der Waals surface area contributed by atoms with Crippen molar-refractivity contribution >= 4 is 28.2 Å². The zero-order chi connectivity index (χ0) is 15.2. The summed E-state index contributed by atoms with van der Waals surface area (Å²) in [6.07, 6.45) is 8.11. The molecule has 0 unspecified atom stereocenters. The van der Waals surface area contributed by atoms with Crippen LogP contribution in [0.4, 0.5) is 0 Å². The van der Waals surface area contributed by atoms with Crippen LogP contribution in [0.15, 0.2) is 73.3 Å². The molecule has 106 valence electrons. The van der Waals surface area contributed by atoms with Gasteiger partial charge in [0.15, 0.2) is 0 Å². The molecule has 0 aliphatic heterocycles. The molecule has 0 aromatic heterocycles. The van der Waals surface area contributed by atoms with E-state index in [9.17, 15) is 0 Å². The fourth-order valence-corrected chi connectivity index (χ4v) is 2.70. The first kappa shape index (κ1) is 15.8. The van der Waals surface area contributed by atoms with E-state index >= 15 is 0 Å². The van der Waals surface area contributed by atoms with Crippen molar-refractivity contribution in [3.8, 4) is 11.1 Å². The fraction of sp³-hybridized carbons (Fsp3) is 0.100. The second-order valence-electron chi connectivity index (χ2n) is 4.91. The lowest BCUT2D eigenvalue weighted by Crippen LogP contribution is -1.90. The van der Waals surface area contributed by atoms with Gasteiger partial charge < -0.3 is 0 Å². The van der Waals surface area contributed by atoms with Crippen molar-refractivity contribution < 1.29 is 0 Å². The van der Waals surface area contributed by atoms with E-state index in [-0.39, 0.29) is 0 Å². The first-order chi connectivity index (χ1) is 10.2. The van der Waals surface area contributed by atoms with Gasteiger partial charge in [0.05, 0.1) is 0 Å². The highest BCUT2D eigenvalue weighted by Crippen LogP contribution is 2.31. The standard InChI is InChI=1S/C20H19I/c1-4-6-7-16(5-2)20-14-18(21)12-13-19(20)17-10-8-15(3)9-11-17/h4-14H,2H2,1,3H3/b6-4+,16-7+. The van der Waals surface area contributed by atoms with Gasteiger partial charge in [-0.15, -0.1) is 0 Å². The normalized spacial score (nSPS) is 11.9. The maximum atomic E-state index is 3.96. The van der Waals surface area contributed by atoms with Gasteiger partial charge in [0, 0.05) is 3.57 Å². The maximum absolute atomic E-state index is 3.96. The summed E-state index contributed by atoms with van der Waals surface area (Å²) in [4.78, 5) is 0. The molecule has 0 N–H and O–H groups in total. The van der Waals surface area contributed by atoms with Crippen molar-refractivity contribution in [1.29, 1.82) is 0 Å². The average Bonchev–Trinajstić information content (AvgIpc) is 2.49. The monoisotopic (exact) mass is 386 g/mol. The van der Waals surface area contributed by atoms with Crippen LogP contribution < -0.4 is 0 Å². The minimum absolute atomic E-state index is 1.14. The van der Waals surface area contributed by atoms with Crippen LogP contribution in [0.2, 0.25) is 0 Å². The Balaban J connectivity index is 2.61. The van der Waals surface area contributed by atoms with Gasteiger partial charge in [-0.05, 0) is 70.8 Å². The van der Waals surface area contributed by atoms with Crippen molar-refractivity contribution in [2.45, 2.75) is 13.8 Å². The summed E-state index contributed by atoms with van der Waals surface area (Å²) in [6, 6.07) is 15.2. The largest absolute Gasteiger partial charge is 0.0984 e. The first-order valence-electron chi connectivity index (χ1n) is 6.98. The molecule has 0 spiro atoms. The number of rotatable bonds is 4. The lowest BCUT2D eigenvalue weighted by atomic mass is 9.94. The number of allylic oxidation sites excluding steroid dienone is 5. The summed E-state index contributed by atoms with van der Waals surface area (Å²) in [6.45, 7) is 8.10. The van der Waals surface area contributed by atoms with E-state index in [1.54, 1.807) is 0 Å². The third kappa shape index (κ3) is 3.94. The Kier molecular flexibility index (Phi) is 5.57. The van der Waals surface area contributed by atoms with Crippen LogP contribution in [0, 0.1) is 10.5 Å². The van der Waals surface area contributed by atoms with Gasteiger partial charge in [0.2, 0.25) is 0 Å². The van der Waals surface area contributed by atoms with Crippen LogP contribution in [0.1, 0.15) is 18.1 Å². The van der Waals surface area contributed by atoms with Gasteiger partial charge in [0.25, 0.3) is 0 Å². The van der Waals surface area contributed by atoms with Crippen molar-refractivity contribution in [3.63, 3.8) is 0 Å². The van der Waals surface area contributed by atoms with Crippen molar-refractivity contribution in [2.75, 3.05) is 0 Å². The van der Waals surface area contributed by atoms with Gasteiger partial charge in [-0.25, -0.2) is 0 Å². The van der Waals surface area contributed by atoms with E-state index in [4.69, 9.17) is 0 Å². The van der Waals surface area contributed by atoms with Crippen molar-refractivity contribution in [3.05, 3.63) is 88.0 Å². The quantitative estimate of drug-likeness (QED) is 0.421. The zero-order valence-electron chi connectivity index (χ0n) is 12.4. The molecule has 0 atom stereocenters. The summed E-state index contributed by atoms with van der Waals surface area (Å²) < 4.78 is 1.23. The van der Waals surface area contributed by atoms with Crippen LogP contribution in [0.3, 0.4) is 0 Å². The Morgan fingerprint density at radius 3 is 2.43 bits per heavy atom. The van der Waals surface area contributed by atoms with Gasteiger partial charge in [0.1, 0.15) is 0 Å². The summed E-state index contributed by atoms with van der Waals surface area (Å²) in [7, 11) is 0. The summed E-state index contributed by atoms with van der Waals surface area (Å²) in [5.74, 6) is 0. The average molecular weight is 386 g/mol. The Morgan fingerprint density at radius 1 is 1.10 bits per heavy atom. The number of halogens is 1. The van der Waals surface area contributed by atoms with Gasteiger partial charge >= 0.3 is 0 Å². The van der Waals surface area contributed by atoms with Crippen LogP contribution >= 0.6 is 22.6 Å². The minimum Gasteiger partial charge on any atom is -0.0984 e. The molecule has 0 fully saturated rings. The smallest absolute Gasteiger partial charge is 0.0136 e. The number of benzene rings is 2. The SMILES string of the molecule is C=C/C(=C\C=C\C)c1cc(I)ccc1-c1ccc(C)cc1. The van der Waals surface area contributed by atoms with E-state index in [2.05, 4.69) is 90.7 Å². The molecule has 0 aliphatic carbocycles. The highest BCUT2D eigenvalue weighted by Gasteiger charge is 2.08. The van der Waals surface area contributed by atoms with Gasteiger partial charge in [-0.3, -0.25) is 0 Å². The predicted molar refractivity (Wildman–Crippen MR) is 102 cm³/mol. The molecule has 0 heterocycles. The van der Waals surface area contributed by atoms with Crippen molar-refractivity contribution in [2.24, 2.45) is 0 Å². The second kappa shape index (κ2) is 7.41. The van der Waals surface area contributed by atoms with E-state index in [0.717, 1.165) is 5.57 Å². The lowest BCUT2D eigenvalue weighted by molar-refractivity contribution is 1.46. The third-order valence-electron chi connectivity index (χ3n) is 3.34. The van der Waals surface area contributed by atoms with Crippen LogP contribution in [-0.2, 0) is 0 Å². The van der Waals surface area contributed by atoms with Crippen molar-refractivity contribution in [1.82, 2.24) is 0 Å². The molecule has 2 aromatic rings. The summed E-state index contributed by atoms with van der Waals surface area (Å²) >= 11 is 2.35. The molecule has 0 bridgehead atoms. The molecule has 0 radical (unpaired) electrons. The molecule has 21 heavy (non-hydrogen) atoms. The number of aryl methyl sites for hydroxylation is 1. The second-order valence-corrected chi connectivity index (χ2v) is 6.15. The topological polar surface area (TPSA) is 0 Å². The highest BCUT2D eigenvalue weighted by molar-refractivity contribution is 14.1. The van der Waals surface area contributed by atoms with E-state index < -0.39 is 0 Å². The summed E-state index contributed by atoms with van der Waals surface area (Å²) in [5, 5.41) is 0. The Morgan fingerprint density at radius 2 is 1.81 bits per heavy atom. The Bertz CT molecular complexity index is 688. The Hall–Kier alpha value is -1.61. The lowest BCUT2D eigenvalue weighted by Gasteiger charge is -2.12. The minimum atomic E-state index is 1.14. The maximum Gasteiger partial charge on any atom is 0.0136 e. The van der Waals surface area contributed by atoms with Gasteiger partial charge in [-0.2, -0.15) is 0 Å². The molecule has 2 rings (SSSR count). The molecule has 0 nitrogen and oxygen atoms in total. The molecular formula is C20H19I. The predicted octanol–water partition coefficient (Wildman–Crippen LogP) is 6.41. The number of hydrogen-bond acceptors (Lipinski definition) is 0. The molecule has 0 aliphatic rings. The highest BCUT2D eigenvalue weighted by atomic mass is 127. The fourth-order valence-electron chi connectivity index (χ4n) is 2.21. The molecule has 0 saturated heterocycles. The summed E-state index contributed by atoms with van der Waals surface area (Å²) in [5.41, 5.74) is 6.12. The molecule has 1 heteroatoms. The first-order valence-corrected chi connectivity index (χ1v) is 8.06. The molecule has 2 aromatic carbocycles. The van der Waals surface area contributed by atoms with Crippen LogP contribution in [-0.4, -0.2) is 0 Å². The molecule has 0 saturated carbocycles. The van der Waals surface area contributed by atoms with Crippen LogP contribution in [0.25, 0.3) is 16.7 Å². The van der Waals surface area contributed by atoms with E-state index in [1.165, 1.54) is 25.8 Å². The zero-order valence-corrected chi connectivity index (χ0v) is 14.6. The number of hydrogen-bond donors (Lipinski definition) is 0. The molecule has 0 amide bonds. The van der Waals surface area contributed by atoms with Crippen LogP contribution in [0.5, 0.6) is 0 Å². The molecular weight excluding hydrogens is 367 g/mol. The van der Waals surface area contributed by atoms with E-state index in [0.29, 0.717) is 0 Å².